The molecule has 0 radical (unpaired) electrons. The average Bonchev–Trinajstić information content (AvgIpc) is 2.85. The third-order valence-electron chi connectivity index (χ3n) is 3.46. The molecule has 20 heavy (non-hydrogen) atoms. The van der Waals surface area contributed by atoms with Gasteiger partial charge in [0.2, 0.25) is 0 Å². The zero-order chi connectivity index (χ0) is 15.4. The summed E-state index contributed by atoms with van der Waals surface area (Å²) >= 11 is 0. The average molecular weight is 276 g/mol. The van der Waals surface area contributed by atoms with Gasteiger partial charge in [-0.3, -0.25) is 4.68 Å². The molecular formula is C16H28N4. The van der Waals surface area contributed by atoms with Gasteiger partial charge < -0.3 is 4.57 Å². The standard InChI is InChI=1S/C9H16N2.C7H12N2/c1-6(2)9-7(3)10-11(5)8(9)4;1-6(2)7-4-9(3)5-8-7/h6H,1-5H3;4-6H,1-3H3. The van der Waals surface area contributed by atoms with E-state index in [0.717, 1.165) is 5.69 Å². The summed E-state index contributed by atoms with van der Waals surface area (Å²) in [6.07, 6.45) is 3.88. The van der Waals surface area contributed by atoms with E-state index in [1.165, 1.54) is 17.0 Å². The van der Waals surface area contributed by atoms with Gasteiger partial charge in [-0.15, -0.1) is 0 Å². The fraction of sp³-hybridized carbons (Fsp3) is 0.625. The summed E-state index contributed by atoms with van der Waals surface area (Å²) in [6.45, 7) is 12.9. The fourth-order valence-electron chi connectivity index (χ4n) is 2.36. The third-order valence-corrected chi connectivity index (χ3v) is 3.46. The lowest BCUT2D eigenvalue weighted by Crippen LogP contribution is -1.94. The van der Waals surface area contributed by atoms with Crippen molar-refractivity contribution in [3.05, 3.63) is 35.2 Å². The zero-order valence-corrected chi connectivity index (χ0v) is 14.1. The van der Waals surface area contributed by atoms with Gasteiger partial charge in [0.25, 0.3) is 0 Å². The summed E-state index contributed by atoms with van der Waals surface area (Å²) < 4.78 is 3.92. The molecule has 0 N–H and O–H groups in total. The van der Waals surface area contributed by atoms with E-state index in [9.17, 15) is 0 Å². The van der Waals surface area contributed by atoms with E-state index in [1.807, 2.05) is 35.9 Å². The predicted octanol–water partition coefficient (Wildman–Crippen LogP) is 3.70. The second-order valence-corrected chi connectivity index (χ2v) is 5.98. The first-order valence-corrected chi connectivity index (χ1v) is 7.22. The van der Waals surface area contributed by atoms with E-state index >= 15 is 0 Å². The minimum Gasteiger partial charge on any atom is -0.340 e. The lowest BCUT2D eigenvalue weighted by atomic mass is 10.0. The zero-order valence-electron chi connectivity index (χ0n) is 14.1. The van der Waals surface area contributed by atoms with Crippen LogP contribution < -0.4 is 0 Å². The van der Waals surface area contributed by atoms with E-state index < -0.39 is 0 Å². The van der Waals surface area contributed by atoms with Gasteiger partial charge in [-0.2, -0.15) is 5.10 Å². The summed E-state index contributed by atoms with van der Waals surface area (Å²) in [6, 6.07) is 0. The van der Waals surface area contributed by atoms with Gasteiger partial charge in [-0.05, 0) is 31.2 Å². The van der Waals surface area contributed by atoms with Gasteiger partial charge in [-0.1, -0.05) is 27.7 Å². The molecule has 2 aromatic rings. The van der Waals surface area contributed by atoms with Crippen molar-refractivity contribution >= 4 is 0 Å². The molecule has 0 unspecified atom stereocenters. The Labute approximate surface area is 122 Å². The second kappa shape index (κ2) is 6.73. The Hall–Kier alpha value is -1.58. The molecule has 0 bridgehead atoms. The number of imidazole rings is 1. The molecule has 0 aliphatic rings. The maximum absolute atomic E-state index is 4.35. The first-order chi connectivity index (χ1) is 9.23. The molecule has 0 aromatic carbocycles. The number of hydrogen-bond acceptors (Lipinski definition) is 2. The van der Waals surface area contributed by atoms with Crippen LogP contribution in [0.3, 0.4) is 0 Å². The van der Waals surface area contributed by atoms with Crippen molar-refractivity contribution < 1.29 is 0 Å². The number of aromatic nitrogens is 4. The fourth-order valence-corrected chi connectivity index (χ4v) is 2.36. The normalized spacial score (nSPS) is 10.9. The van der Waals surface area contributed by atoms with Crippen LogP contribution in [0.1, 0.15) is 62.2 Å². The molecule has 0 spiro atoms. The minimum atomic E-state index is 0.547. The molecule has 112 valence electrons. The summed E-state index contributed by atoms with van der Waals surface area (Å²) in [5.74, 6) is 1.13. The van der Waals surface area contributed by atoms with Crippen LogP contribution in [0.2, 0.25) is 0 Å². The molecule has 4 nitrogen and oxygen atoms in total. The molecular weight excluding hydrogens is 248 g/mol. The van der Waals surface area contributed by atoms with Gasteiger partial charge in [0.1, 0.15) is 0 Å². The highest BCUT2D eigenvalue weighted by Crippen LogP contribution is 2.21. The third kappa shape index (κ3) is 3.95. The smallest absolute Gasteiger partial charge is 0.0946 e. The molecule has 4 heteroatoms. The van der Waals surface area contributed by atoms with E-state index in [2.05, 4.69) is 51.6 Å². The predicted molar refractivity (Wildman–Crippen MR) is 84.1 cm³/mol. The number of aryl methyl sites for hydroxylation is 3. The number of rotatable bonds is 2. The van der Waals surface area contributed by atoms with Gasteiger partial charge in [-0.25, -0.2) is 4.98 Å². The topological polar surface area (TPSA) is 35.6 Å². The molecule has 0 amide bonds. The van der Waals surface area contributed by atoms with Gasteiger partial charge in [0, 0.05) is 26.0 Å². The summed E-state index contributed by atoms with van der Waals surface area (Å²) in [7, 11) is 3.98. The first-order valence-electron chi connectivity index (χ1n) is 7.22. The largest absolute Gasteiger partial charge is 0.340 e. The van der Waals surface area contributed by atoms with Gasteiger partial charge >= 0.3 is 0 Å². The molecule has 2 aromatic heterocycles. The monoisotopic (exact) mass is 276 g/mol. The Balaban J connectivity index is 0.000000204. The van der Waals surface area contributed by atoms with Crippen molar-refractivity contribution in [2.45, 2.75) is 53.4 Å². The van der Waals surface area contributed by atoms with Crippen LogP contribution in [0.5, 0.6) is 0 Å². The lowest BCUT2D eigenvalue weighted by molar-refractivity contribution is 0.728. The van der Waals surface area contributed by atoms with E-state index in [4.69, 9.17) is 0 Å². The Bertz CT molecular complexity index is 547. The van der Waals surface area contributed by atoms with Crippen LogP contribution in [0.15, 0.2) is 12.5 Å². The Morgan fingerprint density at radius 1 is 1.00 bits per heavy atom. The molecule has 2 rings (SSSR count). The van der Waals surface area contributed by atoms with Crippen molar-refractivity contribution in [2.24, 2.45) is 14.1 Å². The van der Waals surface area contributed by atoms with Gasteiger partial charge in [0.05, 0.1) is 17.7 Å². The van der Waals surface area contributed by atoms with Gasteiger partial charge in [0.15, 0.2) is 0 Å². The number of hydrogen-bond donors (Lipinski definition) is 0. The van der Waals surface area contributed by atoms with Crippen LogP contribution >= 0.6 is 0 Å². The SMILES string of the molecule is CC(C)c1cn(C)cn1.Cc1nn(C)c(C)c1C(C)C. The molecule has 0 atom stereocenters. The molecule has 0 saturated carbocycles. The summed E-state index contributed by atoms with van der Waals surface area (Å²) in [4.78, 5) is 4.18. The van der Waals surface area contributed by atoms with Crippen molar-refractivity contribution in [3.63, 3.8) is 0 Å². The highest BCUT2D eigenvalue weighted by molar-refractivity contribution is 5.27. The van der Waals surface area contributed by atoms with Crippen molar-refractivity contribution in [1.29, 1.82) is 0 Å². The molecule has 0 fully saturated rings. The van der Waals surface area contributed by atoms with Crippen LogP contribution in [-0.2, 0) is 14.1 Å². The molecule has 0 saturated heterocycles. The molecule has 2 heterocycles. The van der Waals surface area contributed by atoms with Crippen LogP contribution in [0.25, 0.3) is 0 Å². The Morgan fingerprint density at radius 2 is 1.60 bits per heavy atom. The molecule has 0 aliphatic carbocycles. The summed E-state index contributed by atoms with van der Waals surface area (Å²) in [5, 5.41) is 4.35. The first kappa shape index (κ1) is 16.5. The van der Waals surface area contributed by atoms with Crippen LogP contribution in [0, 0.1) is 13.8 Å². The van der Waals surface area contributed by atoms with E-state index in [1.54, 1.807) is 0 Å². The Kier molecular flexibility index (Phi) is 5.54. The Morgan fingerprint density at radius 3 is 1.80 bits per heavy atom. The lowest BCUT2D eigenvalue weighted by Gasteiger charge is -2.04. The minimum absolute atomic E-state index is 0.547. The van der Waals surface area contributed by atoms with Crippen molar-refractivity contribution in [3.8, 4) is 0 Å². The summed E-state index contributed by atoms with van der Waals surface area (Å²) in [5.41, 5.74) is 5.02. The maximum atomic E-state index is 4.35. The molecule has 0 aliphatic heterocycles. The quantitative estimate of drug-likeness (QED) is 0.838. The highest BCUT2D eigenvalue weighted by atomic mass is 15.3. The van der Waals surface area contributed by atoms with Crippen LogP contribution in [0.4, 0.5) is 0 Å². The van der Waals surface area contributed by atoms with E-state index in [-0.39, 0.29) is 0 Å². The van der Waals surface area contributed by atoms with Crippen molar-refractivity contribution in [1.82, 2.24) is 19.3 Å². The van der Waals surface area contributed by atoms with E-state index in [0.29, 0.717) is 11.8 Å². The highest BCUT2D eigenvalue weighted by Gasteiger charge is 2.11. The van der Waals surface area contributed by atoms with Crippen LogP contribution in [-0.4, -0.2) is 19.3 Å². The maximum Gasteiger partial charge on any atom is 0.0946 e. The van der Waals surface area contributed by atoms with Crippen molar-refractivity contribution in [2.75, 3.05) is 0 Å². The second-order valence-electron chi connectivity index (χ2n) is 5.98. The number of nitrogens with zero attached hydrogens (tertiary/aromatic N) is 4.